The molecule has 0 aromatic heterocycles. The fourth-order valence-corrected chi connectivity index (χ4v) is 0.989. The second kappa shape index (κ2) is 2.35. The van der Waals surface area contributed by atoms with Gasteiger partial charge in [-0.2, -0.15) is 0 Å². The maximum atomic E-state index is 10.6. The van der Waals surface area contributed by atoms with Gasteiger partial charge in [0.1, 0.15) is 0 Å². The van der Waals surface area contributed by atoms with Gasteiger partial charge < -0.3 is 9.84 Å². The molecular formula is C6H10O3. The van der Waals surface area contributed by atoms with Gasteiger partial charge in [-0.3, -0.25) is 4.79 Å². The van der Waals surface area contributed by atoms with Gasteiger partial charge in [0.15, 0.2) is 0 Å². The summed E-state index contributed by atoms with van der Waals surface area (Å²) >= 11 is 0. The van der Waals surface area contributed by atoms with Gasteiger partial charge in [-0.15, -0.1) is 0 Å². The molecule has 3 nitrogen and oxygen atoms in total. The van der Waals surface area contributed by atoms with Crippen molar-refractivity contribution in [1.29, 1.82) is 0 Å². The summed E-state index contributed by atoms with van der Waals surface area (Å²) in [6.07, 6.45) is 0.657. The van der Waals surface area contributed by atoms with Crippen LogP contribution in [0, 0.1) is 5.92 Å². The van der Waals surface area contributed by atoms with Gasteiger partial charge in [0.05, 0.1) is 18.6 Å². The molecule has 1 fully saturated rings. The zero-order valence-corrected chi connectivity index (χ0v) is 5.33. The lowest BCUT2D eigenvalue weighted by Gasteiger charge is -1.95. The van der Waals surface area contributed by atoms with E-state index in [0.717, 1.165) is 0 Å². The van der Waals surface area contributed by atoms with Crippen LogP contribution in [0.2, 0.25) is 0 Å². The van der Waals surface area contributed by atoms with Crippen LogP contribution in [0.5, 0.6) is 0 Å². The van der Waals surface area contributed by atoms with Crippen molar-refractivity contribution in [2.75, 3.05) is 6.61 Å². The van der Waals surface area contributed by atoms with Crippen molar-refractivity contribution in [3.63, 3.8) is 0 Å². The smallest absolute Gasteiger partial charge is 0.311 e. The van der Waals surface area contributed by atoms with Crippen LogP contribution in [0.1, 0.15) is 13.3 Å². The molecule has 0 aliphatic carbocycles. The Balaban J connectivity index is 2.48. The molecular weight excluding hydrogens is 120 g/mol. The average molecular weight is 130 g/mol. The molecule has 2 atom stereocenters. The van der Waals surface area contributed by atoms with Gasteiger partial charge in [0.2, 0.25) is 0 Å². The molecule has 1 aliphatic heterocycles. The summed E-state index contributed by atoms with van der Waals surface area (Å²) in [6.45, 7) is 1.75. The fourth-order valence-electron chi connectivity index (χ4n) is 0.989. The lowest BCUT2D eigenvalue weighted by molar-refractivity contribution is -0.144. The molecule has 3 heteroatoms. The molecule has 0 bridgehead atoms. The predicted molar refractivity (Wildman–Crippen MR) is 30.7 cm³/mol. The maximum Gasteiger partial charge on any atom is 0.311 e. The number of carbonyl (C=O) groups is 1. The van der Waals surface area contributed by atoms with Gasteiger partial charge in [-0.25, -0.2) is 0 Å². The van der Waals surface area contributed by atoms with Crippen LogP contribution in [0.3, 0.4) is 0 Å². The van der Waals surface area contributed by atoms with E-state index in [9.17, 15) is 4.79 Å². The third kappa shape index (κ3) is 1.21. The Kier molecular flexibility index (Phi) is 1.71. The zero-order valence-electron chi connectivity index (χ0n) is 5.33. The molecule has 0 saturated carbocycles. The highest BCUT2D eigenvalue weighted by Gasteiger charge is 2.30. The van der Waals surface area contributed by atoms with Crippen molar-refractivity contribution >= 4 is 5.97 Å². The normalized spacial score (nSPS) is 34.7. The molecule has 9 heavy (non-hydrogen) atoms. The summed E-state index contributed by atoms with van der Waals surface area (Å²) < 4.78 is 4.77. The standard InChI is InChI=1S/C6H10O3/c1-4-2-5(3-7)6(8)9-4/h4-5,7H,2-3H2,1H3. The van der Waals surface area contributed by atoms with Crippen molar-refractivity contribution in [3.8, 4) is 0 Å². The Bertz CT molecular complexity index is 121. The molecule has 1 rings (SSSR count). The van der Waals surface area contributed by atoms with E-state index >= 15 is 0 Å². The Labute approximate surface area is 53.6 Å². The molecule has 0 spiro atoms. The van der Waals surface area contributed by atoms with Crippen LogP contribution >= 0.6 is 0 Å². The van der Waals surface area contributed by atoms with Gasteiger partial charge in [0, 0.05) is 0 Å². The van der Waals surface area contributed by atoms with Crippen LogP contribution < -0.4 is 0 Å². The van der Waals surface area contributed by atoms with Crippen LogP contribution in [0.25, 0.3) is 0 Å². The largest absolute Gasteiger partial charge is 0.462 e. The lowest BCUT2D eigenvalue weighted by atomic mass is 10.1. The predicted octanol–water partition coefficient (Wildman–Crippen LogP) is -0.0697. The van der Waals surface area contributed by atoms with Gasteiger partial charge in [-0.1, -0.05) is 0 Å². The quantitative estimate of drug-likeness (QED) is 0.505. The minimum atomic E-state index is -0.264. The number of aliphatic hydroxyl groups excluding tert-OH is 1. The molecule has 0 aromatic carbocycles. The molecule has 0 radical (unpaired) electrons. The maximum absolute atomic E-state index is 10.6. The summed E-state index contributed by atoms with van der Waals surface area (Å²) in [5.41, 5.74) is 0. The van der Waals surface area contributed by atoms with Gasteiger partial charge >= 0.3 is 5.97 Å². The number of rotatable bonds is 1. The number of hydrogen-bond donors (Lipinski definition) is 1. The summed E-state index contributed by atoms with van der Waals surface area (Å²) in [4.78, 5) is 10.6. The number of ether oxygens (including phenoxy) is 1. The summed E-state index contributed by atoms with van der Waals surface area (Å²) in [7, 11) is 0. The molecule has 2 unspecified atom stereocenters. The minimum Gasteiger partial charge on any atom is -0.462 e. The molecule has 1 N–H and O–H groups in total. The molecule has 1 saturated heterocycles. The first-order valence-electron chi connectivity index (χ1n) is 3.05. The van der Waals surface area contributed by atoms with Gasteiger partial charge in [0.25, 0.3) is 0 Å². The Hall–Kier alpha value is -0.570. The van der Waals surface area contributed by atoms with E-state index in [0.29, 0.717) is 6.42 Å². The lowest BCUT2D eigenvalue weighted by Crippen LogP contribution is -2.11. The van der Waals surface area contributed by atoms with Crippen molar-refractivity contribution in [3.05, 3.63) is 0 Å². The molecule has 0 aromatic rings. The molecule has 0 amide bonds. The number of carbonyl (C=O) groups excluding carboxylic acids is 1. The number of aliphatic hydroxyl groups is 1. The van der Waals surface area contributed by atoms with Crippen molar-refractivity contribution < 1.29 is 14.6 Å². The SMILES string of the molecule is CC1CC(CO)C(=O)O1. The van der Waals surface area contributed by atoms with E-state index in [4.69, 9.17) is 9.84 Å². The highest BCUT2D eigenvalue weighted by Crippen LogP contribution is 2.19. The first kappa shape index (κ1) is 6.55. The highest BCUT2D eigenvalue weighted by molar-refractivity contribution is 5.74. The number of cyclic esters (lactones) is 1. The minimum absolute atomic E-state index is 0.00495. The molecule has 1 heterocycles. The van der Waals surface area contributed by atoms with Crippen LogP contribution in [-0.2, 0) is 9.53 Å². The summed E-state index contributed by atoms with van der Waals surface area (Å²) in [6, 6.07) is 0. The highest BCUT2D eigenvalue weighted by atomic mass is 16.6. The van der Waals surface area contributed by atoms with Crippen LogP contribution in [-0.4, -0.2) is 23.8 Å². The Morgan fingerprint density at radius 3 is 2.78 bits per heavy atom. The number of hydrogen-bond acceptors (Lipinski definition) is 3. The second-order valence-corrected chi connectivity index (χ2v) is 2.36. The number of esters is 1. The monoisotopic (exact) mass is 130 g/mol. The van der Waals surface area contributed by atoms with Crippen molar-refractivity contribution in [2.45, 2.75) is 19.4 Å². The van der Waals surface area contributed by atoms with E-state index in [1.54, 1.807) is 0 Å². The Morgan fingerprint density at radius 2 is 2.56 bits per heavy atom. The summed E-state index contributed by atoms with van der Waals surface area (Å²) in [5.74, 6) is -0.523. The third-order valence-electron chi connectivity index (χ3n) is 1.49. The van der Waals surface area contributed by atoms with E-state index < -0.39 is 0 Å². The van der Waals surface area contributed by atoms with Gasteiger partial charge in [-0.05, 0) is 13.3 Å². The Morgan fingerprint density at radius 1 is 1.89 bits per heavy atom. The average Bonchev–Trinajstić information content (AvgIpc) is 2.10. The fraction of sp³-hybridized carbons (Fsp3) is 0.833. The first-order valence-corrected chi connectivity index (χ1v) is 3.05. The topological polar surface area (TPSA) is 46.5 Å². The van der Waals surface area contributed by atoms with Crippen molar-refractivity contribution in [1.82, 2.24) is 0 Å². The summed E-state index contributed by atoms with van der Waals surface area (Å²) in [5, 5.41) is 8.55. The van der Waals surface area contributed by atoms with Crippen LogP contribution in [0.4, 0.5) is 0 Å². The van der Waals surface area contributed by atoms with E-state index in [-0.39, 0.29) is 24.6 Å². The van der Waals surface area contributed by atoms with E-state index in [1.807, 2.05) is 6.92 Å². The first-order chi connectivity index (χ1) is 4.24. The van der Waals surface area contributed by atoms with Crippen molar-refractivity contribution in [2.24, 2.45) is 5.92 Å². The van der Waals surface area contributed by atoms with Crippen LogP contribution in [0.15, 0.2) is 0 Å². The molecule has 1 aliphatic rings. The third-order valence-corrected chi connectivity index (χ3v) is 1.49. The zero-order chi connectivity index (χ0) is 6.85. The second-order valence-electron chi connectivity index (χ2n) is 2.36. The molecule has 52 valence electrons. The van der Waals surface area contributed by atoms with E-state index in [2.05, 4.69) is 0 Å². The van der Waals surface area contributed by atoms with E-state index in [1.165, 1.54) is 0 Å².